The Bertz CT molecular complexity index is 1270. The molecule has 198 valence electrons. The van der Waals surface area contributed by atoms with Gasteiger partial charge in [0.25, 0.3) is 0 Å². The molecule has 2 atom stereocenters. The summed E-state index contributed by atoms with van der Waals surface area (Å²) in [6, 6.07) is 4.35. The first kappa shape index (κ1) is 26.8. The summed E-state index contributed by atoms with van der Waals surface area (Å²) in [5, 5.41) is 3.07. The minimum atomic E-state index is -6.28. The van der Waals surface area contributed by atoms with Crippen molar-refractivity contribution in [3.05, 3.63) is 64.5 Å². The maximum absolute atomic E-state index is 14.7. The molecule has 3 nitrogen and oxygen atoms in total. The van der Waals surface area contributed by atoms with E-state index in [1.165, 1.54) is 6.07 Å². The number of halogens is 8. The Morgan fingerprint density at radius 1 is 0.972 bits per heavy atom. The maximum atomic E-state index is 14.7. The van der Waals surface area contributed by atoms with Crippen LogP contribution >= 0.6 is 0 Å². The average Bonchev–Trinajstić information content (AvgIpc) is 3.23. The van der Waals surface area contributed by atoms with Gasteiger partial charge >= 0.3 is 18.0 Å². The van der Waals surface area contributed by atoms with Gasteiger partial charge in [0.05, 0.1) is 4.90 Å². The standard InChI is InChI=1S/C24H23F8NO2S/c1-13(2)17-12-16(5-7-19(17)25)36(34,35)21-9-10-33-20(21)8-3-14-11-15(4-6-18(14)21)22(26,23(27,28)29)24(30,31)32/h4-7,11-13,20,33H,3,8-10H2,1-2H3. The number of aryl methyl sites for hydroxylation is 1. The molecule has 1 aliphatic heterocycles. The van der Waals surface area contributed by atoms with Crippen LogP contribution in [0.5, 0.6) is 0 Å². The third-order valence-corrected chi connectivity index (χ3v) is 9.81. The Labute approximate surface area is 202 Å². The number of hydrogen-bond donors (Lipinski definition) is 1. The van der Waals surface area contributed by atoms with Gasteiger partial charge in [0.1, 0.15) is 10.6 Å². The molecule has 2 unspecified atom stereocenters. The molecule has 12 heteroatoms. The van der Waals surface area contributed by atoms with Crippen molar-refractivity contribution in [3.8, 4) is 0 Å². The van der Waals surface area contributed by atoms with Gasteiger partial charge in [0.15, 0.2) is 9.84 Å². The third kappa shape index (κ3) is 3.66. The molecule has 0 spiro atoms. The van der Waals surface area contributed by atoms with Crippen molar-refractivity contribution in [2.24, 2.45) is 0 Å². The number of rotatable bonds is 4. The quantitative estimate of drug-likeness (QED) is 0.370. The fourth-order valence-electron chi connectivity index (χ4n) is 5.45. The number of hydrogen-bond acceptors (Lipinski definition) is 3. The SMILES string of the molecule is CC(C)c1cc(S(=O)(=O)C23CCNC2CCc2cc(C(F)(C(F)(F)F)C(F)(F)F)ccc23)ccc1F. The molecule has 0 aromatic heterocycles. The van der Waals surface area contributed by atoms with Crippen LogP contribution in [0.3, 0.4) is 0 Å². The van der Waals surface area contributed by atoms with Crippen LogP contribution in [0, 0.1) is 5.82 Å². The number of benzene rings is 2. The van der Waals surface area contributed by atoms with E-state index in [2.05, 4.69) is 5.32 Å². The second-order valence-electron chi connectivity index (χ2n) is 9.55. The largest absolute Gasteiger partial charge is 0.435 e. The average molecular weight is 542 g/mol. The van der Waals surface area contributed by atoms with E-state index in [-0.39, 0.29) is 53.3 Å². The van der Waals surface area contributed by atoms with E-state index in [9.17, 15) is 43.5 Å². The van der Waals surface area contributed by atoms with Crippen LogP contribution in [0.15, 0.2) is 41.3 Å². The Kier molecular flexibility index (Phi) is 6.27. The molecule has 2 aromatic carbocycles. The van der Waals surface area contributed by atoms with E-state index in [1.807, 2.05) is 0 Å². The van der Waals surface area contributed by atoms with Gasteiger partial charge in [-0.2, -0.15) is 26.3 Å². The molecule has 0 amide bonds. The van der Waals surface area contributed by atoms with E-state index in [0.29, 0.717) is 12.1 Å². The molecule has 4 rings (SSSR count). The summed E-state index contributed by atoms with van der Waals surface area (Å²) in [7, 11) is -4.32. The first-order chi connectivity index (χ1) is 16.5. The van der Waals surface area contributed by atoms with E-state index in [0.717, 1.165) is 18.2 Å². The first-order valence-electron chi connectivity index (χ1n) is 11.2. The monoisotopic (exact) mass is 541 g/mol. The van der Waals surface area contributed by atoms with Crippen molar-refractivity contribution >= 4 is 9.84 Å². The van der Waals surface area contributed by atoms with Crippen LogP contribution in [-0.4, -0.2) is 33.4 Å². The second kappa shape index (κ2) is 8.41. The predicted molar refractivity (Wildman–Crippen MR) is 115 cm³/mol. The highest BCUT2D eigenvalue weighted by atomic mass is 32.2. The lowest BCUT2D eigenvalue weighted by atomic mass is 9.77. The summed E-state index contributed by atoms with van der Waals surface area (Å²) in [5.41, 5.74) is -7.19. The van der Waals surface area contributed by atoms with Crippen molar-refractivity contribution in [1.29, 1.82) is 0 Å². The van der Waals surface area contributed by atoms with Gasteiger partial charge in [-0.1, -0.05) is 32.0 Å². The summed E-state index contributed by atoms with van der Waals surface area (Å²) >= 11 is 0. The Balaban J connectivity index is 1.93. The van der Waals surface area contributed by atoms with Gasteiger partial charge in [-0.15, -0.1) is 0 Å². The second-order valence-corrected chi connectivity index (χ2v) is 11.8. The summed E-state index contributed by atoms with van der Waals surface area (Å²) in [5.74, 6) is -0.950. The topological polar surface area (TPSA) is 46.2 Å². The maximum Gasteiger partial charge on any atom is 0.435 e. The van der Waals surface area contributed by atoms with Crippen LogP contribution in [-0.2, 0) is 26.7 Å². The van der Waals surface area contributed by atoms with Crippen molar-refractivity contribution in [1.82, 2.24) is 5.32 Å². The number of fused-ring (bicyclic) bond motifs is 3. The molecule has 2 aromatic rings. The Morgan fingerprint density at radius 2 is 1.61 bits per heavy atom. The molecule has 2 aliphatic rings. The molecular weight excluding hydrogens is 518 g/mol. The highest BCUT2D eigenvalue weighted by molar-refractivity contribution is 7.92. The lowest BCUT2D eigenvalue weighted by Crippen LogP contribution is -2.51. The van der Waals surface area contributed by atoms with E-state index < -0.39 is 50.0 Å². The van der Waals surface area contributed by atoms with Gasteiger partial charge in [-0.3, -0.25) is 0 Å². The number of sulfone groups is 1. The molecular formula is C24H23F8NO2S. The van der Waals surface area contributed by atoms with Gasteiger partial charge in [-0.05, 0) is 66.6 Å². The Morgan fingerprint density at radius 3 is 2.19 bits per heavy atom. The molecule has 0 radical (unpaired) electrons. The van der Waals surface area contributed by atoms with Crippen LogP contribution in [0.1, 0.15) is 54.9 Å². The fraction of sp³-hybridized carbons (Fsp3) is 0.500. The van der Waals surface area contributed by atoms with Crippen LogP contribution in [0.2, 0.25) is 0 Å². The van der Waals surface area contributed by atoms with Crippen molar-refractivity contribution < 1.29 is 43.5 Å². The molecule has 1 heterocycles. The molecule has 0 saturated carbocycles. The first-order valence-corrected chi connectivity index (χ1v) is 12.7. The summed E-state index contributed by atoms with van der Waals surface area (Å²) in [4.78, 5) is -0.205. The number of nitrogens with one attached hydrogen (secondary N) is 1. The zero-order valence-electron chi connectivity index (χ0n) is 19.2. The normalized spacial score (nSPS) is 23.0. The van der Waals surface area contributed by atoms with Crippen LogP contribution in [0.4, 0.5) is 35.1 Å². The molecule has 1 N–H and O–H groups in total. The molecule has 1 saturated heterocycles. The van der Waals surface area contributed by atoms with Gasteiger partial charge < -0.3 is 5.32 Å². The van der Waals surface area contributed by atoms with Gasteiger partial charge in [-0.25, -0.2) is 17.2 Å². The lowest BCUT2D eigenvalue weighted by Gasteiger charge is -2.41. The molecule has 1 fully saturated rings. The van der Waals surface area contributed by atoms with E-state index in [4.69, 9.17) is 0 Å². The summed E-state index contributed by atoms with van der Waals surface area (Å²) < 4.78 is 135. The van der Waals surface area contributed by atoms with E-state index in [1.54, 1.807) is 13.8 Å². The zero-order chi connectivity index (χ0) is 26.9. The Hall–Kier alpha value is -2.21. The summed E-state index contributed by atoms with van der Waals surface area (Å²) in [6.45, 7) is 3.57. The van der Waals surface area contributed by atoms with Crippen LogP contribution < -0.4 is 5.32 Å². The van der Waals surface area contributed by atoms with Crippen LogP contribution in [0.25, 0.3) is 0 Å². The fourth-order valence-corrected chi connectivity index (χ4v) is 7.84. The van der Waals surface area contributed by atoms with Crippen molar-refractivity contribution in [2.75, 3.05) is 6.54 Å². The predicted octanol–water partition coefficient (Wildman–Crippen LogP) is 6.22. The molecule has 0 bridgehead atoms. The number of alkyl halides is 7. The molecule has 1 aliphatic carbocycles. The summed E-state index contributed by atoms with van der Waals surface area (Å²) in [6.07, 6.45) is -12.5. The van der Waals surface area contributed by atoms with Crippen molar-refractivity contribution in [3.63, 3.8) is 0 Å². The highest BCUT2D eigenvalue weighted by Gasteiger charge is 2.73. The minimum Gasteiger partial charge on any atom is -0.312 e. The minimum absolute atomic E-state index is 0.0138. The van der Waals surface area contributed by atoms with Gasteiger partial charge in [0, 0.05) is 11.6 Å². The van der Waals surface area contributed by atoms with E-state index >= 15 is 0 Å². The highest BCUT2D eigenvalue weighted by Crippen LogP contribution is 2.55. The smallest absolute Gasteiger partial charge is 0.312 e. The third-order valence-electron chi connectivity index (χ3n) is 7.27. The lowest BCUT2D eigenvalue weighted by molar-refractivity contribution is -0.348. The van der Waals surface area contributed by atoms with Gasteiger partial charge in [0.2, 0.25) is 0 Å². The zero-order valence-corrected chi connectivity index (χ0v) is 20.0. The van der Waals surface area contributed by atoms with Crippen molar-refractivity contribution in [2.45, 2.75) is 72.7 Å². The molecule has 36 heavy (non-hydrogen) atoms.